The van der Waals surface area contributed by atoms with Crippen LogP contribution in [0.15, 0.2) is 24.5 Å². The van der Waals surface area contributed by atoms with Crippen molar-refractivity contribution in [2.45, 2.75) is 72.3 Å². The van der Waals surface area contributed by atoms with E-state index >= 15 is 0 Å². The van der Waals surface area contributed by atoms with E-state index in [1.54, 1.807) is 11.9 Å². The number of anilines is 1. The fourth-order valence-corrected chi connectivity index (χ4v) is 4.38. The van der Waals surface area contributed by atoms with Crippen molar-refractivity contribution in [3.8, 4) is 11.3 Å². The van der Waals surface area contributed by atoms with Gasteiger partial charge in [0.15, 0.2) is 0 Å². The molecule has 2 aromatic rings. The number of likely N-dealkylation sites (N-methyl/N-ethyl adjacent to an activating group) is 2. The molecule has 37 heavy (non-hydrogen) atoms. The third kappa shape index (κ3) is 8.71. The van der Waals surface area contributed by atoms with Gasteiger partial charge in [0.25, 0.3) is 0 Å². The molecule has 0 spiro atoms. The summed E-state index contributed by atoms with van der Waals surface area (Å²) < 4.78 is 13.5. The standard InChI is InChI=1S/C28H46N6O3/c1-21(2)18-33(8)24-13-12-22(17-29-24)26-23(20-34(30-26)25-11-9-10-16-36-25)19-31(6)14-15-32(7)27(35)37-28(3,4)5/h12-13,17,20-21,25H,9-11,14-16,18-19H2,1-8H3. The molecule has 0 saturated carbocycles. The minimum atomic E-state index is -0.505. The summed E-state index contributed by atoms with van der Waals surface area (Å²) in [7, 11) is 5.91. The van der Waals surface area contributed by atoms with E-state index in [0.717, 1.165) is 55.1 Å². The summed E-state index contributed by atoms with van der Waals surface area (Å²) in [6, 6.07) is 4.17. The van der Waals surface area contributed by atoms with Crippen molar-refractivity contribution in [1.82, 2.24) is 24.6 Å². The van der Waals surface area contributed by atoms with Crippen LogP contribution in [0.1, 0.15) is 65.7 Å². The first-order chi connectivity index (χ1) is 17.4. The van der Waals surface area contributed by atoms with Gasteiger partial charge in [-0.1, -0.05) is 13.8 Å². The second kappa shape index (κ2) is 12.7. The SMILES string of the molecule is CC(C)CN(C)c1ccc(-c2nn(C3CCCCO3)cc2CN(C)CCN(C)C(=O)OC(C)(C)C)cn1. The van der Waals surface area contributed by atoms with Crippen molar-refractivity contribution in [1.29, 1.82) is 0 Å². The molecule has 1 atom stereocenters. The van der Waals surface area contributed by atoms with Gasteiger partial charge < -0.3 is 24.2 Å². The molecule has 1 unspecified atom stereocenters. The predicted octanol–water partition coefficient (Wildman–Crippen LogP) is 5.04. The Kier molecular flexibility index (Phi) is 9.95. The van der Waals surface area contributed by atoms with Gasteiger partial charge in [-0.2, -0.15) is 5.10 Å². The summed E-state index contributed by atoms with van der Waals surface area (Å²) in [6.07, 6.45) is 6.89. The number of rotatable bonds is 10. The second-order valence-electron chi connectivity index (χ2n) is 11.6. The first kappa shape index (κ1) is 28.9. The van der Waals surface area contributed by atoms with Crippen LogP contribution in [-0.4, -0.2) is 83.6 Å². The Balaban J connectivity index is 1.74. The van der Waals surface area contributed by atoms with Gasteiger partial charge in [0.05, 0.1) is 5.69 Å². The van der Waals surface area contributed by atoms with E-state index in [9.17, 15) is 4.79 Å². The quantitative estimate of drug-likeness (QED) is 0.440. The average Bonchev–Trinajstić information content (AvgIpc) is 3.25. The van der Waals surface area contributed by atoms with Crippen LogP contribution >= 0.6 is 0 Å². The highest BCUT2D eigenvalue weighted by molar-refractivity contribution is 5.67. The third-order valence-electron chi connectivity index (χ3n) is 6.27. The minimum absolute atomic E-state index is 0.0331. The zero-order valence-electron chi connectivity index (χ0n) is 24.0. The van der Waals surface area contributed by atoms with E-state index in [1.165, 1.54) is 0 Å². The normalized spacial score (nSPS) is 16.3. The largest absolute Gasteiger partial charge is 0.444 e. The minimum Gasteiger partial charge on any atom is -0.444 e. The van der Waals surface area contributed by atoms with Gasteiger partial charge in [-0.3, -0.25) is 0 Å². The number of carbonyl (C=O) groups is 1. The first-order valence-corrected chi connectivity index (χ1v) is 13.4. The molecule has 0 radical (unpaired) electrons. The van der Waals surface area contributed by atoms with Crippen molar-refractivity contribution in [2.75, 3.05) is 52.3 Å². The number of hydrogen-bond acceptors (Lipinski definition) is 7. The average molecular weight is 515 g/mol. The molecular formula is C28H46N6O3. The lowest BCUT2D eigenvalue weighted by atomic mass is 10.1. The van der Waals surface area contributed by atoms with Crippen molar-refractivity contribution in [3.63, 3.8) is 0 Å². The van der Waals surface area contributed by atoms with Gasteiger partial charge in [0, 0.05) is 70.4 Å². The molecule has 0 aliphatic carbocycles. The van der Waals surface area contributed by atoms with Crippen LogP contribution in [0.2, 0.25) is 0 Å². The van der Waals surface area contributed by atoms with Crippen LogP contribution in [-0.2, 0) is 16.0 Å². The maximum atomic E-state index is 12.3. The maximum Gasteiger partial charge on any atom is 0.410 e. The zero-order valence-corrected chi connectivity index (χ0v) is 24.0. The molecule has 1 aliphatic rings. The van der Waals surface area contributed by atoms with Crippen molar-refractivity contribution >= 4 is 11.9 Å². The fourth-order valence-electron chi connectivity index (χ4n) is 4.38. The lowest BCUT2D eigenvalue weighted by molar-refractivity contribution is -0.0394. The summed E-state index contributed by atoms with van der Waals surface area (Å²) in [4.78, 5) is 23.1. The molecule has 2 aromatic heterocycles. The Morgan fingerprint density at radius 2 is 1.95 bits per heavy atom. The molecule has 1 amide bonds. The van der Waals surface area contributed by atoms with E-state index in [-0.39, 0.29) is 12.3 Å². The van der Waals surface area contributed by atoms with Gasteiger partial charge in [-0.25, -0.2) is 14.5 Å². The molecule has 9 heteroatoms. The van der Waals surface area contributed by atoms with Gasteiger partial charge in [-0.05, 0) is 65.1 Å². The summed E-state index contributed by atoms with van der Waals surface area (Å²) in [5.74, 6) is 1.52. The molecule has 3 heterocycles. The summed E-state index contributed by atoms with van der Waals surface area (Å²) in [6.45, 7) is 13.7. The number of pyridine rings is 1. The molecule has 3 rings (SSSR count). The number of aromatic nitrogens is 3. The van der Waals surface area contributed by atoms with Crippen LogP contribution in [0.4, 0.5) is 10.6 Å². The molecule has 206 valence electrons. The zero-order chi connectivity index (χ0) is 27.2. The molecule has 0 N–H and O–H groups in total. The van der Waals surface area contributed by atoms with Crippen molar-refractivity contribution < 1.29 is 14.3 Å². The Hall–Kier alpha value is -2.65. The van der Waals surface area contributed by atoms with E-state index in [0.29, 0.717) is 25.6 Å². The Labute approximate surface area is 222 Å². The van der Waals surface area contributed by atoms with Gasteiger partial charge in [-0.15, -0.1) is 0 Å². The maximum absolute atomic E-state index is 12.3. The smallest absolute Gasteiger partial charge is 0.410 e. The lowest BCUT2D eigenvalue weighted by Crippen LogP contribution is -2.38. The lowest BCUT2D eigenvalue weighted by Gasteiger charge is -2.26. The van der Waals surface area contributed by atoms with E-state index < -0.39 is 5.60 Å². The molecule has 1 aliphatic heterocycles. The van der Waals surface area contributed by atoms with Crippen LogP contribution in [0, 0.1) is 5.92 Å². The highest BCUT2D eigenvalue weighted by Gasteiger charge is 2.22. The number of nitrogens with zero attached hydrogens (tertiary/aromatic N) is 6. The van der Waals surface area contributed by atoms with Crippen LogP contribution in [0.5, 0.6) is 0 Å². The molecule has 0 bridgehead atoms. The number of ether oxygens (including phenoxy) is 2. The monoisotopic (exact) mass is 514 g/mol. The molecule has 1 fully saturated rings. The third-order valence-corrected chi connectivity index (χ3v) is 6.27. The molecule has 0 aromatic carbocycles. The van der Waals surface area contributed by atoms with E-state index in [4.69, 9.17) is 19.6 Å². The Morgan fingerprint density at radius 3 is 2.54 bits per heavy atom. The van der Waals surface area contributed by atoms with Gasteiger partial charge in [0.2, 0.25) is 0 Å². The van der Waals surface area contributed by atoms with Crippen molar-refractivity contribution in [2.24, 2.45) is 5.92 Å². The Morgan fingerprint density at radius 1 is 1.19 bits per heavy atom. The highest BCUT2D eigenvalue weighted by atomic mass is 16.6. The Bertz CT molecular complexity index is 992. The molecule has 1 saturated heterocycles. The first-order valence-electron chi connectivity index (χ1n) is 13.4. The van der Waals surface area contributed by atoms with Crippen LogP contribution < -0.4 is 4.90 Å². The van der Waals surface area contributed by atoms with E-state index in [2.05, 4.69) is 56.1 Å². The van der Waals surface area contributed by atoms with Gasteiger partial charge >= 0.3 is 6.09 Å². The number of carbonyl (C=O) groups excluding carboxylic acids is 1. The van der Waals surface area contributed by atoms with Crippen LogP contribution in [0.25, 0.3) is 11.3 Å². The highest BCUT2D eigenvalue weighted by Crippen LogP contribution is 2.29. The fraction of sp³-hybridized carbons (Fsp3) is 0.679. The van der Waals surface area contributed by atoms with Gasteiger partial charge in [0.1, 0.15) is 17.6 Å². The summed E-state index contributed by atoms with van der Waals surface area (Å²) in [5.41, 5.74) is 2.52. The summed E-state index contributed by atoms with van der Waals surface area (Å²) >= 11 is 0. The van der Waals surface area contributed by atoms with E-state index in [1.807, 2.05) is 31.6 Å². The van der Waals surface area contributed by atoms with Crippen molar-refractivity contribution in [3.05, 3.63) is 30.1 Å². The predicted molar refractivity (Wildman–Crippen MR) is 148 cm³/mol. The summed E-state index contributed by atoms with van der Waals surface area (Å²) in [5, 5.41) is 4.97. The number of hydrogen-bond donors (Lipinski definition) is 0. The van der Waals surface area contributed by atoms with Crippen LogP contribution in [0.3, 0.4) is 0 Å². The molecule has 9 nitrogen and oxygen atoms in total. The topological polar surface area (TPSA) is 76.0 Å². The molecular weight excluding hydrogens is 468 g/mol. The number of amides is 1. The second-order valence-corrected chi connectivity index (χ2v) is 11.6.